The molecule has 0 N–H and O–H groups in total. The summed E-state index contributed by atoms with van der Waals surface area (Å²) in [4.78, 5) is 11.2. The van der Waals surface area contributed by atoms with E-state index in [9.17, 15) is 0 Å². The molecule has 2 aromatic heterocycles. The highest BCUT2D eigenvalue weighted by atomic mass is 79.9. The van der Waals surface area contributed by atoms with Crippen LogP contribution in [0.25, 0.3) is 11.0 Å². The van der Waals surface area contributed by atoms with Crippen molar-refractivity contribution >= 4 is 32.8 Å². The van der Waals surface area contributed by atoms with Crippen molar-refractivity contribution in [2.45, 2.75) is 12.8 Å². The molecule has 1 saturated heterocycles. The number of anilines is 1. The second kappa shape index (κ2) is 7.00. The minimum atomic E-state index is 0.481. The Balaban J connectivity index is 1.52. The van der Waals surface area contributed by atoms with Crippen molar-refractivity contribution < 1.29 is 4.74 Å². The van der Waals surface area contributed by atoms with E-state index in [4.69, 9.17) is 4.74 Å². The fraction of sp³-hybridized carbons (Fsp3) is 0.389. The molecule has 3 heterocycles. The van der Waals surface area contributed by atoms with E-state index in [0.717, 1.165) is 53.3 Å². The maximum atomic E-state index is 5.96. The van der Waals surface area contributed by atoms with Gasteiger partial charge in [-0.1, -0.05) is 18.2 Å². The van der Waals surface area contributed by atoms with Crippen LogP contribution in [0.3, 0.4) is 0 Å². The van der Waals surface area contributed by atoms with Crippen LogP contribution in [0, 0.1) is 5.92 Å². The lowest BCUT2D eigenvalue weighted by Crippen LogP contribution is -2.38. The molecule has 0 bridgehead atoms. The van der Waals surface area contributed by atoms with Gasteiger partial charge in [0, 0.05) is 26.1 Å². The van der Waals surface area contributed by atoms with E-state index in [0.29, 0.717) is 5.92 Å². The van der Waals surface area contributed by atoms with Gasteiger partial charge in [0.2, 0.25) is 0 Å². The molecule has 0 radical (unpaired) electrons. The molecule has 1 aliphatic rings. The maximum Gasteiger partial charge on any atom is 0.164 e. The van der Waals surface area contributed by atoms with Crippen molar-refractivity contribution in [1.82, 2.24) is 19.7 Å². The van der Waals surface area contributed by atoms with E-state index in [2.05, 4.69) is 35.9 Å². The summed E-state index contributed by atoms with van der Waals surface area (Å²) in [5.74, 6) is 2.36. The van der Waals surface area contributed by atoms with Gasteiger partial charge in [0.15, 0.2) is 5.65 Å². The lowest BCUT2D eigenvalue weighted by molar-refractivity contribution is 0.228. The normalized spacial score (nSPS) is 17.8. The zero-order valence-corrected chi connectivity index (χ0v) is 15.7. The van der Waals surface area contributed by atoms with Crippen LogP contribution >= 0.6 is 15.9 Å². The monoisotopic (exact) mass is 401 g/mol. The second-order valence-corrected chi connectivity index (χ2v) is 7.14. The highest BCUT2D eigenvalue weighted by Crippen LogP contribution is 2.32. The van der Waals surface area contributed by atoms with Crippen LogP contribution in [0.1, 0.15) is 12.8 Å². The second-order valence-electron chi connectivity index (χ2n) is 6.39. The topological polar surface area (TPSA) is 56.1 Å². The molecule has 1 atom stereocenters. The number of halogens is 1. The predicted octanol–water partition coefficient (Wildman–Crippen LogP) is 3.42. The summed E-state index contributed by atoms with van der Waals surface area (Å²) in [5.41, 5.74) is 0.847. The minimum absolute atomic E-state index is 0.481. The number of fused-ring (bicyclic) bond motifs is 1. The smallest absolute Gasteiger partial charge is 0.164 e. The highest BCUT2D eigenvalue weighted by molar-refractivity contribution is 9.10. The van der Waals surface area contributed by atoms with Gasteiger partial charge < -0.3 is 9.64 Å². The average Bonchev–Trinajstić information content (AvgIpc) is 2.95. The summed E-state index contributed by atoms with van der Waals surface area (Å²) < 4.78 is 8.54. The summed E-state index contributed by atoms with van der Waals surface area (Å²) >= 11 is 3.55. The summed E-state index contributed by atoms with van der Waals surface area (Å²) in [6.45, 7) is 2.65. The number of hydrogen-bond donors (Lipinski definition) is 0. The van der Waals surface area contributed by atoms with Crippen LogP contribution in [-0.2, 0) is 7.05 Å². The standard InChI is InChI=1S/C18H20BrN5O/c1-23-17-15(16(19)22-23)18(21-12-20-17)24-9-5-6-13(10-24)11-25-14-7-3-2-4-8-14/h2-4,7-8,12-13H,5-6,9-11H2,1H3. The molecule has 0 saturated carbocycles. The first kappa shape index (κ1) is 16.3. The Hall–Kier alpha value is -2.15. The SMILES string of the molecule is Cn1nc(Br)c2c(N3CCCC(COc4ccccc4)C3)ncnc21. The van der Waals surface area contributed by atoms with Gasteiger partial charge in [-0.25, -0.2) is 14.6 Å². The predicted molar refractivity (Wildman–Crippen MR) is 101 cm³/mol. The Morgan fingerprint density at radius 1 is 1.24 bits per heavy atom. The first-order chi connectivity index (χ1) is 12.2. The molecule has 1 aliphatic heterocycles. The highest BCUT2D eigenvalue weighted by Gasteiger charge is 2.25. The van der Waals surface area contributed by atoms with Gasteiger partial charge in [-0.15, -0.1) is 0 Å². The third-order valence-corrected chi connectivity index (χ3v) is 5.16. The van der Waals surface area contributed by atoms with Crippen LogP contribution in [0.2, 0.25) is 0 Å². The molecule has 25 heavy (non-hydrogen) atoms. The number of aryl methyl sites for hydroxylation is 1. The van der Waals surface area contributed by atoms with Gasteiger partial charge in [0.25, 0.3) is 0 Å². The molecule has 130 valence electrons. The van der Waals surface area contributed by atoms with Crippen LogP contribution < -0.4 is 9.64 Å². The number of piperidine rings is 1. The van der Waals surface area contributed by atoms with E-state index in [1.807, 2.05) is 37.4 Å². The lowest BCUT2D eigenvalue weighted by atomic mass is 9.99. The Morgan fingerprint density at radius 3 is 2.92 bits per heavy atom. The van der Waals surface area contributed by atoms with Gasteiger partial charge in [0.05, 0.1) is 12.0 Å². The van der Waals surface area contributed by atoms with Crippen LogP contribution in [-0.4, -0.2) is 39.4 Å². The third kappa shape index (κ3) is 3.33. The maximum absolute atomic E-state index is 5.96. The minimum Gasteiger partial charge on any atom is -0.493 e. The van der Waals surface area contributed by atoms with Crippen molar-refractivity contribution in [2.75, 3.05) is 24.6 Å². The zero-order valence-electron chi connectivity index (χ0n) is 14.1. The van der Waals surface area contributed by atoms with E-state index >= 15 is 0 Å². The van der Waals surface area contributed by atoms with Crippen molar-refractivity contribution in [3.05, 3.63) is 41.3 Å². The van der Waals surface area contributed by atoms with E-state index in [-0.39, 0.29) is 0 Å². The summed E-state index contributed by atoms with van der Waals surface area (Å²) in [6.07, 6.45) is 3.92. The molecule has 0 aliphatic carbocycles. The Bertz CT molecular complexity index is 867. The number of para-hydroxylation sites is 1. The molecule has 7 heteroatoms. The first-order valence-electron chi connectivity index (χ1n) is 8.48. The van der Waals surface area contributed by atoms with Gasteiger partial charge >= 0.3 is 0 Å². The fourth-order valence-corrected chi connectivity index (χ4v) is 3.98. The molecule has 6 nitrogen and oxygen atoms in total. The molecule has 1 fully saturated rings. The molecule has 0 amide bonds. The molecule has 4 rings (SSSR count). The number of benzene rings is 1. The average molecular weight is 402 g/mol. The Kier molecular flexibility index (Phi) is 4.57. The number of ether oxygens (including phenoxy) is 1. The van der Waals surface area contributed by atoms with Gasteiger partial charge in [0.1, 0.15) is 22.5 Å². The Morgan fingerprint density at radius 2 is 2.08 bits per heavy atom. The van der Waals surface area contributed by atoms with Crippen LogP contribution in [0.15, 0.2) is 41.3 Å². The zero-order chi connectivity index (χ0) is 17.2. The molecule has 3 aromatic rings. The summed E-state index contributed by atoms with van der Waals surface area (Å²) in [5, 5.41) is 5.40. The lowest BCUT2D eigenvalue weighted by Gasteiger charge is -2.33. The van der Waals surface area contributed by atoms with Gasteiger partial charge in [-0.3, -0.25) is 0 Å². The Labute approximate surface area is 155 Å². The third-order valence-electron chi connectivity index (χ3n) is 4.61. The molecule has 0 spiro atoms. The van der Waals surface area contributed by atoms with Crippen molar-refractivity contribution in [2.24, 2.45) is 13.0 Å². The van der Waals surface area contributed by atoms with Gasteiger partial charge in [-0.05, 0) is 40.9 Å². The number of rotatable bonds is 4. The molecule has 1 unspecified atom stereocenters. The largest absolute Gasteiger partial charge is 0.493 e. The fourth-order valence-electron chi connectivity index (χ4n) is 3.39. The summed E-state index contributed by atoms with van der Waals surface area (Å²) in [7, 11) is 1.90. The van der Waals surface area contributed by atoms with Crippen molar-refractivity contribution in [3.8, 4) is 5.75 Å². The van der Waals surface area contributed by atoms with E-state index in [1.54, 1.807) is 11.0 Å². The molecular weight excluding hydrogens is 382 g/mol. The van der Waals surface area contributed by atoms with E-state index in [1.165, 1.54) is 6.42 Å². The van der Waals surface area contributed by atoms with E-state index < -0.39 is 0 Å². The van der Waals surface area contributed by atoms with Crippen molar-refractivity contribution in [1.29, 1.82) is 0 Å². The van der Waals surface area contributed by atoms with Gasteiger partial charge in [-0.2, -0.15) is 5.10 Å². The quantitative estimate of drug-likeness (QED) is 0.670. The molecule has 1 aromatic carbocycles. The number of aromatic nitrogens is 4. The molecular formula is C18H20BrN5O. The van der Waals surface area contributed by atoms with Crippen molar-refractivity contribution in [3.63, 3.8) is 0 Å². The van der Waals surface area contributed by atoms with Crippen LogP contribution in [0.5, 0.6) is 5.75 Å². The number of hydrogen-bond acceptors (Lipinski definition) is 5. The van der Waals surface area contributed by atoms with Crippen LogP contribution in [0.4, 0.5) is 5.82 Å². The summed E-state index contributed by atoms with van der Waals surface area (Å²) in [6, 6.07) is 10.0. The first-order valence-corrected chi connectivity index (χ1v) is 9.27. The number of nitrogens with zero attached hydrogens (tertiary/aromatic N) is 5.